The SMILES string of the molecule is CCOC(=O)NC(=O)C(C=Nc1ccc(Cl)cc1)=C(C)O. The van der Waals surface area contributed by atoms with Crippen LogP contribution in [0.5, 0.6) is 0 Å². The summed E-state index contributed by atoms with van der Waals surface area (Å²) in [4.78, 5) is 27.0. The van der Waals surface area contributed by atoms with Crippen molar-refractivity contribution >= 4 is 35.5 Å². The molecule has 0 aliphatic carbocycles. The number of ether oxygens (including phenoxy) is 1. The van der Waals surface area contributed by atoms with Crippen LogP contribution < -0.4 is 5.32 Å². The molecule has 0 spiro atoms. The quantitative estimate of drug-likeness (QED) is 0.508. The summed E-state index contributed by atoms with van der Waals surface area (Å²) < 4.78 is 4.58. The highest BCUT2D eigenvalue weighted by atomic mass is 35.5. The van der Waals surface area contributed by atoms with Gasteiger partial charge in [-0.15, -0.1) is 0 Å². The standard InChI is InChI=1S/C14H15ClN2O4/c1-3-21-14(20)17-13(19)12(9(2)18)8-16-11-6-4-10(15)5-7-11/h4-8,18H,3H2,1-2H3,(H,17,19,20). The molecule has 0 atom stereocenters. The number of benzene rings is 1. The van der Waals surface area contributed by atoms with Crippen molar-refractivity contribution in [3.63, 3.8) is 0 Å². The number of hydrogen-bond donors (Lipinski definition) is 2. The molecule has 0 saturated carbocycles. The summed E-state index contributed by atoms with van der Waals surface area (Å²) in [6.07, 6.45) is 0.272. The first-order valence-corrected chi connectivity index (χ1v) is 6.49. The number of amides is 2. The molecule has 0 bridgehead atoms. The van der Waals surface area contributed by atoms with Crippen LogP contribution in [0.3, 0.4) is 0 Å². The molecule has 6 nitrogen and oxygen atoms in total. The highest BCUT2D eigenvalue weighted by Gasteiger charge is 2.14. The Kier molecular flexibility index (Phi) is 6.42. The topological polar surface area (TPSA) is 88.0 Å². The van der Waals surface area contributed by atoms with E-state index in [1.165, 1.54) is 6.92 Å². The van der Waals surface area contributed by atoms with Gasteiger partial charge in [0, 0.05) is 11.2 Å². The third-order valence-corrected chi connectivity index (χ3v) is 2.55. The molecule has 0 unspecified atom stereocenters. The van der Waals surface area contributed by atoms with Crippen LogP contribution in [0.4, 0.5) is 10.5 Å². The van der Waals surface area contributed by atoms with E-state index < -0.39 is 12.0 Å². The number of carbonyl (C=O) groups is 2. The highest BCUT2D eigenvalue weighted by molar-refractivity contribution is 6.30. The molecule has 2 N–H and O–H groups in total. The number of aliphatic hydroxyl groups excluding tert-OH is 1. The van der Waals surface area contributed by atoms with Crippen molar-refractivity contribution in [1.82, 2.24) is 5.32 Å². The number of alkyl carbamates (subject to hydrolysis) is 1. The Morgan fingerprint density at radius 2 is 2.00 bits per heavy atom. The summed E-state index contributed by atoms with van der Waals surface area (Å²) in [6.45, 7) is 3.06. The molecular formula is C14H15ClN2O4. The van der Waals surface area contributed by atoms with Crippen LogP contribution in [-0.2, 0) is 9.53 Å². The van der Waals surface area contributed by atoms with Gasteiger partial charge >= 0.3 is 6.09 Å². The Morgan fingerprint density at radius 1 is 1.38 bits per heavy atom. The van der Waals surface area contributed by atoms with Crippen LogP contribution in [-0.4, -0.2) is 29.9 Å². The molecule has 0 radical (unpaired) electrons. The Labute approximate surface area is 127 Å². The second-order valence-electron chi connectivity index (χ2n) is 3.91. The fourth-order valence-electron chi connectivity index (χ4n) is 1.31. The van der Waals surface area contributed by atoms with Gasteiger partial charge in [-0.3, -0.25) is 15.1 Å². The van der Waals surface area contributed by atoms with Gasteiger partial charge in [0.1, 0.15) is 5.76 Å². The number of halogens is 1. The lowest BCUT2D eigenvalue weighted by Crippen LogP contribution is -2.33. The molecular weight excluding hydrogens is 296 g/mol. The number of rotatable bonds is 4. The molecule has 0 saturated heterocycles. The Bertz CT molecular complexity index is 575. The minimum Gasteiger partial charge on any atom is -0.512 e. The number of nitrogens with zero attached hydrogens (tertiary/aromatic N) is 1. The monoisotopic (exact) mass is 310 g/mol. The average Bonchev–Trinajstić information content (AvgIpc) is 2.40. The normalized spacial score (nSPS) is 12.0. The molecule has 0 fully saturated rings. The van der Waals surface area contributed by atoms with E-state index in [1.807, 2.05) is 5.32 Å². The molecule has 0 aromatic heterocycles. The third-order valence-electron chi connectivity index (χ3n) is 2.29. The number of allylic oxidation sites excluding steroid dienone is 1. The first-order chi connectivity index (χ1) is 9.93. The molecule has 21 heavy (non-hydrogen) atoms. The predicted molar refractivity (Wildman–Crippen MR) is 80.1 cm³/mol. The summed E-state index contributed by atoms with van der Waals surface area (Å²) in [7, 11) is 0. The highest BCUT2D eigenvalue weighted by Crippen LogP contribution is 2.16. The summed E-state index contributed by atoms with van der Waals surface area (Å²) in [5.41, 5.74) is 0.403. The maximum Gasteiger partial charge on any atom is 0.414 e. The van der Waals surface area contributed by atoms with Gasteiger partial charge in [0.2, 0.25) is 0 Å². The van der Waals surface area contributed by atoms with Crippen LogP contribution in [0.2, 0.25) is 5.02 Å². The van der Waals surface area contributed by atoms with E-state index in [0.29, 0.717) is 10.7 Å². The summed E-state index contributed by atoms with van der Waals surface area (Å²) in [5, 5.41) is 12.0. The van der Waals surface area contributed by atoms with Gasteiger partial charge in [-0.05, 0) is 38.1 Å². The second kappa shape index (κ2) is 8.06. The Hall–Kier alpha value is -2.34. The van der Waals surface area contributed by atoms with E-state index in [0.717, 1.165) is 6.21 Å². The van der Waals surface area contributed by atoms with E-state index in [9.17, 15) is 14.7 Å². The lowest BCUT2D eigenvalue weighted by Gasteiger charge is -2.05. The fourth-order valence-corrected chi connectivity index (χ4v) is 1.44. The van der Waals surface area contributed by atoms with Gasteiger partial charge in [0.25, 0.3) is 5.91 Å². The molecule has 1 aromatic rings. The minimum absolute atomic E-state index is 0.134. The van der Waals surface area contributed by atoms with Crippen molar-refractivity contribution in [1.29, 1.82) is 0 Å². The largest absolute Gasteiger partial charge is 0.512 e. The number of imide groups is 1. The lowest BCUT2D eigenvalue weighted by molar-refractivity contribution is -0.116. The first kappa shape index (κ1) is 16.7. The fraction of sp³-hybridized carbons (Fsp3) is 0.214. The molecule has 0 aliphatic heterocycles. The number of aliphatic imine (C=N–C) groups is 1. The average molecular weight is 311 g/mol. The zero-order chi connectivity index (χ0) is 15.8. The van der Waals surface area contributed by atoms with Crippen molar-refractivity contribution in [2.75, 3.05) is 6.61 Å². The van der Waals surface area contributed by atoms with Crippen LogP contribution in [0.15, 0.2) is 40.6 Å². The zero-order valence-corrected chi connectivity index (χ0v) is 12.3. The van der Waals surface area contributed by atoms with Gasteiger partial charge < -0.3 is 9.84 Å². The van der Waals surface area contributed by atoms with Crippen molar-refractivity contribution in [2.45, 2.75) is 13.8 Å². The van der Waals surface area contributed by atoms with E-state index in [-0.39, 0.29) is 17.9 Å². The van der Waals surface area contributed by atoms with E-state index in [4.69, 9.17) is 11.6 Å². The van der Waals surface area contributed by atoms with Crippen molar-refractivity contribution < 1.29 is 19.4 Å². The van der Waals surface area contributed by atoms with E-state index in [2.05, 4.69) is 9.73 Å². The summed E-state index contributed by atoms with van der Waals surface area (Å²) in [5.74, 6) is -1.07. The van der Waals surface area contributed by atoms with Gasteiger partial charge in [-0.25, -0.2) is 4.79 Å². The second-order valence-corrected chi connectivity index (χ2v) is 4.34. The van der Waals surface area contributed by atoms with Crippen molar-refractivity contribution in [3.8, 4) is 0 Å². The Balaban J connectivity index is 2.84. The van der Waals surface area contributed by atoms with Gasteiger partial charge in [-0.2, -0.15) is 0 Å². The maximum absolute atomic E-state index is 11.8. The van der Waals surface area contributed by atoms with Crippen molar-refractivity contribution in [3.05, 3.63) is 40.6 Å². The maximum atomic E-state index is 11.8. The van der Waals surface area contributed by atoms with E-state index >= 15 is 0 Å². The van der Waals surface area contributed by atoms with Gasteiger partial charge in [-0.1, -0.05) is 11.6 Å². The summed E-state index contributed by atoms with van der Waals surface area (Å²) >= 11 is 5.75. The molecule has 0 heterocycles. The van der Waals surface area contributed by atoms with Crippen LogP contribution in [0.1, 0.15) is 13.8 Å². The minimum atomic E-state index is -0.888. The van der Waals surface area contributed by atoms with Crippen molar-refractivity contribution in [2.24, 2.45) is 4.99 Å². The lowest BCUT2D eigenvalue weighted by atomic mass is 10.2. The number of carbonyl (C=O) groups excluding carboxylic acids is 2. The summed E-state index contributed by atoms with van der Waals surface area (Å²) in [6, 6.07) is 6.57. The van der Waals surface area contributed by atoms with Crippen LogP contribution in [0.25, 0.3) is 0 Å². The third kappa shape index (κ3) is 5.66. The Morgan fingerprint density at radius 3 is 2.52 bits per heavy atom. The number of nitrogens with one attached hydrogen (secondary N) is 1. The van der Waals surface area contributed by atoms with Gasteiger partial charge in [0.15, 0.2) is 0 Å². The molecule has 2 amide bonds. The molecule has 112 valence electrons. The molecule has 7 heteroatoms. The number of hydrogen-bond acceptors (Lipinski definition) is 5. The number of aliphatic hydroxyl groups is 1. The van der Waals surface area contributed by atoms with Crippen LogP contribution in [0, 0.1) is 0 Å². The molecule has 1 rings (SSSR count). The molecule has 0 aliphatic rings. The predicted octanol–water partition coefficient (Wildman–Crippen LogP) is 3.15. The smallest absolute Gasteiger partial charge is 0.414 e. The van der Waals surface area contributed by atoms with Crippen LogP contribution >= 0.6 is 11.6 Å². The molecule has 1 aromatic carbocycles. The van der Waals surface area contributed by atoms with Gasteiger partial charge in [0.05, 0.1) is 17.9 Å². The first-order valence-electron chi connectivity index (χ1n) is 6.11. The zero-order valence-electron chi connectivity index (χ0n) is 11.6. The van der Waals surface area contributed by atoms with E-state index in [1.54, 1.807) is 31.2 Å².